The average Bonchev–Trinajstić information content (AvgIpc) is 2.31. The Morgan fingerprint density at radius 3 is 2.00 bits per heavy atom. The number of nitrogens with one attached hydrogen (secondary N) is 1. The predicted molar refractivity (Wildman–Crippen MR) is 43.9 cm³/mol. The van der Waals surface area contributed by atoms with Crippen LogP contribution in [-0.4, -0.2) is 20.1 Å². The van der Waals surface area contributed by atoms with Crippen LogP contribution in [0.4, 0.5) is 17.3 Å². The predicted octanol–water partition coefficient (Wildman–Crippen LogP) is 1.09. The fourth-order valence-corrected chi connectivity index (χ4v) is 0.721. The van der Waals surface area contributed by atoms with Crippen molar-refractivity contribution in [2.45, 2.75) is 13.8 Å². The van der Waals surface area contributed by atoms with Gasteiger partial charge in [0.05, 0.1) is 12.2 Å². The summed E-state index contributed by atoms with van der Waals surface area (Å²) in [6, 6.07) is 0. The van der Waals surface area contributed by atoms with Gasteiger partial charge in [-0.2, -0.15) is 0 Å². The van der Waals surface area contributed by atoms with Gasteiger partial charge in [-0.25, -0.2) is 4.99 Å². The molecule has 1 unspecified atom stereocenters. The molecule has 0 saturated carbocycles. The highest BCUT2D eigenvalue weighted by molar-refractivity contribution is 6.50. The van der Waals surface area contributed by atoms with E-state index in [0.29, 0.717) is 0 Å². The summed E-state index contributed by atoms with van der Waals surface area (Å²) in [6.07, 6.45) is 4.04. The van der Waals surface area contributed by atoms with Gasteiger partial charge in [0.25, 0.3) is 0 Å². The fourth-order valence-electron chi connectivity index (χ4n) is 0.721. The number of nitrogens with zero attached hydrogens (tertiary/aromatic N) is 1. The molecule has 0 aliphatic carbocycles. The second-order valence-electron chi connectivity index (χ2n) is 2.47. The molecule has 0 saturated heterocycles. The van der Waals surface area contributed by atoms with Crippen LogP contribution in [0.3, 0.4) is 0 Å². The molecular formula is C6H11BF4N2. The highest BCUT2D eigenvalue weighted by Gasteiger charge is 2.20. The van der Waals surface area contributed by atoms with Crippen molar-refractivity contribution in [3.63, 3.8) is 0 Å². The lowest BCUT2D eigenvalue weighted by molar-refractivity contribution is -0.733. The van der Waals surface area contributed by atoms with Gasteiger partial charge in [-0.05, 0) is 13.8 Å². The molecule has 1 heterocycles. The van der Waals surface area contributed by atoms with E-state index < -0.39 is 7.25 Å². The summed E-state index contributed by atoms with van der Waals surface area (Å²) in [5, 5.41) is 0. The van der Waals surface area contributed by atoms with Crippen molar-refractivity contribution in [2.75, 3.05) is 6.54 Å². The maximum Gasteiger partial charge on any atom is 0.673 e. The number of aliphatic imine (C=N–C) groups is 1. The van der Waals surface area contributed by atoms with E-state index in [-0.39, 0.29) is 0 Å². The first-order valence-corrected chi connectivity index (χ1v) is 3.78. The van der Waals surface area contributed by atoms with Crippen LogP contribution in [0.1, 0.15) is 13.8 Å². The third-order valence-electron chi connectivity index (χ3n) is 1.24. The van der Waals surface area contributed by atoms with Crippen LogP contribution in [0.5, 0.6) is 0 Å². The molecule has 13 heavy (non-hydrogen) atoms. The molecule has 1 N–H and O–H groups in total. The first-order valence-electron chi connectivity index (χ1n) is 3.78. The number of halogens is 4. The van der Waals surface area contributed by atoms with E-state index in [1.165, 1.54) is 4.90 Å². The van der Waals surface area contributed by atoms with Crippen LogP contribution in [-0.2, 0) is 0 Å². The maximum atomic E-state index is 9.75. The van der Waals surface area contributed by atoms with Gasteiger partial charge in [0, 0.05) is 0 Å². The van der Waals surface area contributed by atoms with Gasteiger partial charge in [0.2, 0.25) is 0 Å². The molecule has 0 aromatic heterocycles. The first-order chi connectivity index (χ1) is 5.83. The molecule has 7 heteroatoms. The van der Waals surface area contributed by atoms with Crippen LogP contribution in [0.15, 0.2) is 16.9 Å². The third-order valence-corrected chi connectivity index (χ3v) is 1.24. The topological polar surface area (TPSA) is 16.8 Å². The molecule has 0 spiro atoms. The molecule has 0 aromatic rings. The number of allylic oxidation sites excluding steroid dienone is 1. The van der Waals surface area contributed by atoms with Crippen LogP contribution in [0, 0.1) is 0 Å². The third kappa shape index (κ3) is 9.07. The second kappa shape index (κ2) is 5.01. The van der Waals surface area contributed by atoms with Crippen LogP contribution >= 0.6 is 0 Å². The lowest BCUT2D eigenvalue weighted by Gasteiger charge is -1.96. The Hall–Kier alpha value is -0.845. The van der Waals surface area contributed by atoms with E-state index in [9.17, 15) is 17.3 Å². The van der Waals surface area contributed by atoms with Gasteiger partial charge in [-0.1, -0.05) is 0 Å². The van der Waals surface area contributed by atoms with Gasteiger partial charge in [0.15, 0.2) is 6.34 Å². The first kappa shape index (κ1) is 12.2. The molecule has 1 aliphatic heterocycles. The van der Waals surface area contributed by atoms with Crippen molar-refractivity contribution in [2.24, 2.45) is 4.99 Å². The summed E-state index contributed by atoms with van der Waals surface area (Å²) in [5.41, 5.74) is 1.13. The summed E-state index contributed by atoms with van der Waals surface area (Å²) < 4.78 is 39.0. The summed E-state index contributed by atoms with van der Waals surface area (Å²) >= 11 is 0. The molecule has 1 atom stereocenters. The van der Waals surface area contributed by atoms with Crippen molar-refractivity contribution >= 4 is 13.6 Å². The SMILES string of the molecule is CC[NH+]1C=NC(C)=C1.F[B-](F)(F)F. The van der Waals surface area contributed by atoms with E-state index in [0.717, 1.165) is 12.2 Å². The largest absolute Gasteiger partial charge is 0.673 e. The molecule has 2 nitrogen and oxygen atoms in total. The Labute approximate surface area is 74.0 Å². The lowest BCUT2D eigenvalue weighted by atomic mass is 10.3. The molecule has 0 aromatic carbocycles. The van der Waals surface area contributed by atoms with Crippen molar-refractivity contribution in [3.8, 4) is 0 Å². The zero-order valence-electron chi connectivity index (χ0n) is 7.40. The van der Waals surface area contributed by atoms with E-state index in [1.54, 1.807) is 0 Å². The van der Waals surface area contributed by atoms with Crippen molar-refractivity contribution < 1.29 is 22.2 Å². The van der Waals surface area contributed by atoms with Gasteiger partial charge in [-0.15, -0.1) is 0 Å². The number of hydrogen-bond donors (Lipinski definition) is 1. The number of rotatable bonds is 1. The zero-order valence-corrected chi connectivity index (χ0v) is 7.40. The minimum atomic E-state index is -6.00. The minimum Gasteiger partial charge on any atom is -0.418 e. The van der Waals surface area contributed by atoms with Gasteiger partial charge < -0.3 is 17.3 Å². The van der Waals surface area contributed by atoms with E-state index in [1.807, 2.05) is 13.3 Å². The molecule has 0 amide bonds. The Morgan fingerprint density at radius 1 is 1.38 bits per heavy atom. The van der Waals surface area contributed by atoms with E-state index in [4.69, 9.17) is 0 Å². The average molecular weight is 198 g/mol. The molecule has 1 aliphatic rings. The Balaban J connectivity index is 0.000000252. The Kier molecular flexibility index (Phi) is 4.68. The monoisotopic (exact) mass is 198 g/mol. The molecule has 0 radical (unpaired) electrons. The molecule has 0 fully saturated rings. The number of quaternary nitrogens is 1. The van der Waals surface area contributed by atoms with E-state index >= 15 is 0 Å². The summed E-state index contributed by atoms with van der Waals surface area (Å²) in [5.74, 6) is 0. The Bertz CT molecular complexity index is 205. The summed E-state index contributed by atoms with van der Waals surface area (Å²) in [6.45, 7) is 5.25. The normalized spacial score (nSPS) is 20.8. The van der Waals surface area contributed by atoms with Crippen molar-refractivity contribution in [3.05, 3.63) is 11.9 Å². The smallest absolute Gasteiger partial charge is 0.418 e. The molecular weight excluding hydrogens is 187 g/mol. The van der Waals surface area contributed by atoms with Crippen molar-refractivity contribution in [1.82, 2.24) is 0 Å². The van der Waals surface area contributed by atoms with Crippen LogP contribution in [0.2, 0.25) is 0 Å². The van der Waals surface area contributed by atoms with Crippen LogP contribution < -0.4 is 4.90 Å². The molecule has 1 rings (SSSR count). The fraction of sp³-hybridized carbons (Fsp3) is 0.500. The quantitative estimate of drug-likeness (QED) is 0.479. The summed E-state index contributed by atoms with van der Waals surface area (Å²) in [4.78, 5) is 5.42. The number of hydrogen-bond acceptors (Lipinski definition) is 1. The molecule has 0 bridgehead atoms. The van der Waals surface area contributed by atoms with E-state index in [2.05, 4.69) is 18.1 Å². The maximum absolute atomic E-state index is 9.75. The van der Waals surface area contributed by atoms with Gasteiger partial charge in [-0.3, -0.25) is 4.90 Å². The van der Waals surface area contributed by atoms with Gasteiger partial charge >= 0.3 is 7.25 Å². The molecule has 76 valence electrons. The standard InChI is InChI=1S/C6H10N2.BF4/c1-3-8-4-6(2)7-5-8;2-1(3,4)5/h4-5H,3H2,1-2H3;/q;-1/p+1. The van der Waals surface area contributed by atoms with Crippen LogP contribution in [0.25, 0.3) is 0 Å². The second-order valence-corrected chi connectivity index (χ2v) is 2.47. The highest BCUT2D eigenvalue weighted by Crippen LogP contribution is 2.06. The zero-order chi connectivity index (χ0) is 10.5. The van der Waals surface area contributed by atoms with Gasteiger partial charge in [0.1, 0.15) is 6.20 Å². The Morgan fingerprint density at radius 2 is 1.85 bits per heavy atom. The summed E-state index contributed by atoms with van der Waals surface area (Å²) in [7, 11) is -6.00. The van der Waals surface area contributed by atoms with Crippen molar-refractivity contribution in [1.29, 1.82) is 0 Å². The lowest BCUT2D eigenvalue weighted by Crippen LogP contribution is -3.05. The highest BCUT2D eigenvalue weighted by atomic mass is 19.5. The minimum absolute atomic E-state index is 1.10.